The number of aldehydes is 2. The van der Waals surface area contributed by atoms with Crippen LogP contribution in [0, 0.1) is 5.92 Å². The van der Waals surface area contributed by atoms with Gasteiger partial charge in [-0.3, -0.25) is 4.79 Å². The van der Waals surface area contributed by atoms with E-state index >= 15 is 0 Å². The van der Waals surface area contributed by atoms with Crippen LogP contribution in [-0.2, 0) is 19.1 Å². The Morgan fingerprint density at radius 2 is 2.08 bits per heavy atom. The third kappa shape index (κ3) is 7.18. The fraction of sp³-hybridized carbons (Fsp3) is 0.667. The molecule has 0 aromatic rings. The molecule has 74 valence electrons. The van der Waals surface area contributed by atoms with Gasteiger partial charge in [0.2, 0.25) is 0 Å². The molecule has 0 aliphatic rings. The Morgan fingerprint density at radius 1 is 1.38 bits per heavy atom. The molecule has 1 unspecified atom stereocenters. The SMILES string of the molecule is CC(=O)OCC(CC=O)CCC=O. The van der Waals surface area contributed by atoms with Crippen molar-refractivity contribution in [1.82, 2.24) is 0 Å². The standard InChI is InChI=1S/C9H14O4/c1-8(12)13-7-9(4-6-11)3-2-5-10/h5-6,9H,2-4,7H2,1H3. The lowest BCUT2D eigenvalue weighted by molar-refractivity contribution is -0.142. The first-order valence-corrected chi connectivity index (χ1v) is 4.21. The topological polar surface area (TPSA) is 60.4 Å². The number of carbonyl (C=O) groups is 3. The summed E-state index contributed by atoms with van der Waals surface area (Å²) in [5.41, 5.74) is 0. The van der Waals surface area contributed by atoms with Gasteiger partial charge in [0.05, 0.1) is 6.61 Å². The van der Waals surface area contributed by atoms with Crippen LogP contribution in [0.3, 0.4) is 0 Å². The van der Waals surface area contributed by atoms with Crippen molar-refractivity contribution >= 4 is 18.5 Å². The van der Waals surface area contributed by atoms with Crippen LogP contribution >= 0.6 is 0 Å². The number of hydrogen-bond acceptors (Lipinski definition) is 4. The van der Waals surface area contributed by atoms with Crippen LogP contribution in [0.2, 0.25) is 0 Å². The van der Waals surface area contributed by atoms with E-state index in [1.54, 1.807) is 0 Å². The summed E-state index contributed by atoms with van der Waals surface area (Å²) in [6.07, 6.45) is 2.90. The molecular weight excluding hydrogens is 172 g/mol. The Labute approximate surface area is 77.3 Å². The molecule has 0 heterocycles. The molecule has 0 saturated carbocycles. The Kier molecular flexibility index (Phi) is 6.78. The minimum atomic E-state index is -0.359. The Balaban J connectivity index is 3.71. The van der Waals surface area contributed by atoms with Crippen molar-refractivity contribution in [1.29, 1.82) is 0 Å². The van der Waals surface area contributed by atoms with Gasteiger partial charge in [0.25, 0.3) is 0 Å². The van der Waals surface area contributed by atoms with E-state index in [1.165, 1.54) is 6.92 Å². The highest BCUT2D eigenvalue weighted by atomic mass is 16.5. The molecule has 0 aromatic heterocycles. The van der Waals surface area contributed by atoms with Gasteiger partial charge in [-0.1, -0.05) is 0 Å². The predicted octanol–water partition coefficient (Wildman–Crippen LogP) is 0.734. The first-order chi connectivity index (χ1) is 6.20. The van der Waals surface area contributed by atoms with Gasteiger partial charge in [0.15, 0.2) is 0 Å². The van der Waals surface area contributed by atoms with Gasteiger partial charge in [-0.2, -0.15) is 0 Å². The van der Waals surface area contributed by atoms with E-state index in [0.29, 0.717) is 19.3 Å². The summed E-state index contributed by atoms with van der Waals surface area (Å²) in [4.78, 5) is 30.7. The number of hydrogen-bond donors (Lipinski definition) is 0. The molecule has 0 aliphatic carbocycles. The molecular formula is C9H14O4. The van der Waals surface area contributed by atoms with Crippen molar-refractivity contribution in [3.8, 4) is 0 Å². The van der Waals surface area contributed by atoms with Crippen molar-refractivity contribution in [3.63, 3.8) is 0 Å². The first-order valence-electron chi connectivity index (χ1n) is 4.21. The van der Waals surface area contributed by atoms with Gasteiger partial charge < -0.3 is 14.3 Å². The molecule has 0 aliphatic heterocycles. The largest absolute Gasteiger partial charge is 0.466 e. The van der Waals surface area contributed by atoms with Gasteiger partial charge in [-0.25, -0.2) is 0 Å². The van der Waals surface area contributed by atoms with E-state index in [-0.39, 0.29) is 18.5 Å². The molecule has 0 fully saturated rings. The van der Waals surface area contributed by atoms with Crippen LogP contribution in [-0.4, -0.2) is 25.1 Å². The zero-order valence-electron chi connectivity index (χ0n) is 7.69. The molecule has 0 aromatic carbocycles. The average molecular weight is 186 g/mol. The Hall–Kier alpha value is -1.19. The van der Waals surface area contributed by atoms with Crippen LogP contribution in [0.5, 0.6) is 0 Å². The molecule has 0 spiro atoms. The van der Waals surface area contributed by atoms with Crippen LogP contribution in [0.15, 0.2) is 0 Å². The molecule has 13 heavy (non-hydrogen) atoms. The van der Waals surface area contributed by atoms with Crippen LogP contribution < -0.4 is 0 Å². The zero-order valence-corrected chi connectivity index (χ0v) is 7.69. The maximum Gasteiger partial charge on any atom is 0.302 e. The fourth-order valence-electron chi connectivity index (χ4n) is 0.944. The number of esters is 1. The number of rotatable bonds is 7. The third-order valence-corrected chi connectivity index (χ3v) is 1.64. The number of carbonyl (C=O) groups excluding carboxylic acids is 3. The highest BCUT2D eigenvalue weighted by molar-refractivity contribution is 5.65. The normalized spacial score (nSPS) is 11.8. The molecule has 0 N–H and O–H groups in total. The minimum absolute atomic E-state index is 0.0217. The lowest BCUT2D eigenvalue weighted by Gasteiger charge is -2.11. The summed E-state index contributed by atoms with van der Waals surface area (Å²) in [6, 6.07) is 0. The molecule has 4 heteroatoms. The van der Waals surface area contributed by atoms with Crippen molar-refractivity contribution in [3.05, 3.63) is 0 Å². The van der Waals surface area contributed by atoms with E-state index in [1.807, 2.05) is 0 Å². The van der Waals surface area contributed by atoms with Crippen molar-refractivity contribution in [2.24, 2.45) is 5.92 Å². The summed E-state index contributed by atoms with van der Waals surface area (Å²) >= 11 is 0. The van der Waals surface area contributed by atoms with Gasteiger partial charge in [-0.05, 0) is 6.42 Å². The van der Waals surface area contributed by atoms with E-state index in [2.05, 4.69) is 0 Å². The fourth-order valence-corrected chi connectivity index (χ4v) is 0.944. The summed E-state index contributed by atoms with van der Waals surface area (Å²) in [5.74, 6) is -0.381. The average Bonchev–Trinajstić information content (AvgIpc) is 2.09. The highest BCUT2D eigenvalue weighted by Crippen LogP contribution is 2.09. The zero-order chi connectivity index (χ0) is 10.1. The second-order valence-electron chi connectivity index (χ2n) is 2.81. The van der Waals surface area contributed by atoms with Crippen LogP contribution in [0.25, 0.3) is 0 Å². The highest BCUT2D eigenvalue weighted by Gasteiger charge is 2.09. The Morgan fingerprint density at radius 3 is 2.54 bits per heavy atom. The maximum atomic E-state index is 10.4. The molecule has 0 saturated heterocycles. The predicted molar refractivity (Wildman–Crippen MR) is 46.1 cm³/mol. The van der Waals surface area contributed by atoms with Gasteiger partial charge in [0, 0.05) is 25.7 Å². The Bertz CT molecular complexity index is 176. The molecule has 0 amide bonds. The third-order valence-electron chi connectivity index (χ3n) is 1.64. The molecule has 0 rings (SSSR count). The van der Waals surface area contributed by atoms with Gasteiger partial charge in [-0.15, -0.1) is 0 Å². The van der Waals surface area contributed by atoms with E-state index in [4.69, 9.17) is 4.74 Å². The summed E-state index contributed by atoms with van der Waals surface area (Å²) in [7, 11) is 0. The smallest absolute Gasteiger partial charge is 0.302 e. The van der Waals surface area contributed by atoms with Crippen molar-refractivity contribution < 1.29 is 19.1 Å². The molecule has 1 atom stereocenters. The quantitative estimate of drug-likeness (QED) is 0.434. The van der Waals surface area contributed by atoms with Gasteiger partial charge >= 0.3 is 5.97 Å². The van der Waals surface area contributed by atoms with E-state index in [9.17, 15) is 14.4 Å². The van der Waals surface area contributed by atoms with Crippen LogP contribution in [0.1, 0.15) is 26.2 Å². The molecule has 4 nitrogen and oxygen atoms in total. The summed E-state index contributed by atoms with van der Waals surface area (Å²) < 4.78 is 4.74. The number of ether oxygens (including phenoxy) is 1. The lowest BCUT2D eigenvalue weighted by Crippen LogP contribution is -2.13. The van der Waals surface area contributed by atoms with Crippen LogP contribution in [0.4, 0.5) is 0 Å². The molecule has 0 radical (unpaired) electrons. The molecule has 0 bridgehead atoms. The summed E-state index contributed by atoms with van der Waals surface area (Å²) in [6.45, 7) is 1.54. The van der Waals surface area contributed by atoms with Crippen molar-refractivity contribution in [2.45, 2.75) is 26.2 Å². The minimum Gasteiger partial charge on any atom is -0.466 e. The first kappa shape index (κ1) is 11.8. The van der Waals surface area contributed by atoms with Crippen molar-refractivity contribution in [2.75, 3.05) is 6.61 Å². The second-order valence-corrected chi connectivity index (χ2v) is 2.81. The van der Waals surface area contributed by atoms with Gasteiger partial charge in [0.1, 0.15) is 12.6 Å². The maximum absolute atomic E-state index is 10.4. The lowest BCUT2D eigenvalue weighted by atomic mass is 10.0. The second kappa shape index (κ2) is 7.46. The van der Waals surface area contributed by atoms with E-state index < -0.39 is 0 Å². The van der Waals surface area contributed by atoms with E-state index in [0.717, 1.165) is 12.6 Å². The monoisotopic (exact) mass is 186 g/mol. The summed E-state index contributed by atoms with van der Waals surface area (Å²) in [5, 5.41) is 0.